The van der Waals surface area contributed by atoms with E-state index in [-0.39, 0.29) is 5.82 Å². The van der Waals surface area contributed by atoms with Gasteiger partial charge in [0.1, 0.15) is 5.82 Å². The van der Waals surface area contributed by atoms with E-state index in [1.54, 1.807) is 24.3 Å². The van der Waals surface area contributed by atoms with Gasteiger partial charge in [0, 0.05) is 5.02 Å². The molecule has 1 atom stereocenters. The van der Waals surface area contributed by atoms with Gasteiger partial charge in [0.15, 0.2) is 0 Å². The minimum atomic E-state index is -0.885. The molecule has 0 aliphatic heterocycles. The fraction of sp³-hybridized carbons (Fsp3) is 0.188. The van der Waals surface area contributed by atoms with E-state index in [4.69, 9.17) is 11.6 Å². The van der Waals surface area contributed by atoms with Crippen molar-refractivity contribution in [1.82, 2.24) is 0 Å². The summed E-state index contributed by atoms with van der Waals surface area (Å²) in [5.74, 6) is -1.87. The molecule has 0 spiro atoms. The third kappa shape index (κ3) is 3.58. The number of aliphatic carboxylic acids is 1. The summed E-state index contributed by atoms with van der Waals surface area (Å²) in [6.07, 6.45) is 0.797. The first kappa shape index (κ1) is 14.5. The highest BCUT2D eigenvalue weighted by atomic mass is 35.5. The molecule has 0 bridgehead atoms. The van der Waals surface area contributed by atoms with Crippen LogP contribution in [0, 0.1) is 5.82 Å². The Labute approximate surface area is 121 Å². The molecule has 0 heterocycles. The predicted molar refractivity (Wildman–Crippen MR) is 76.5 cm³/mol. The summed E-state index contributed by atoms with van der Waals surface area (Å²) >= 11 is 5.99. The van der Waals surface area contributed by atoms with E-state index in [1.807, 2.05) is 6.07 Å². The van der Waals surface area contributed by atoms with Crippen LogP contribution in [0.25, 0.3) is 0 Å². The largest absolute Gasteiger partial charge is 0.481 e. The highest BCUT2D eigenvalue weighted by Crippen LogP contribution is 2.25. The van der Waals surface area contributed by atoms with Gasteiger partial charge in [-0.25, -0.2) is 4.39 Å². The molecular formula is C16H14ClFO2. The molecule has 0 saturated carbocycles. The van der Waals surface area contributed by atoms with Gasteiger partial charge in [-0.2, -0.15) is 0 Å². The van der Waals surface area contributed by atoms with Crippen LogP contribution >= 0.6 is 11.6 Å². The molecule has 2 aromatic rings. The molecule has 0 aliphatic rings. The van der Waals surface area contributed by atoms with Gasteiger partial charge in [0.25, 0.3) is 0 Å². The average Bonchev–Trinajstić information content (AvgIpc) is 2.43. The summed E-state index contributed by atoms with van der Waals surface area (Å²) in [6, 6.07) is 13.2. The average molecular weight is 293 g/mol. The second-order valence-corrected chi connectivity index (χ2v) is 4.98. The van der Waals surface area contributed by atoms with Crippen molar-refractivity contribution in [1.29, 1.82) is 0 Å². The minimum Gasteiger partial charge on any atom is -0.481 e. The number of carboxylic acids is 1. The van der Waals surface area contributed by atoms with Crippen LogP contribution < -0.4 is 0 Å². The van der Waals surface area contributed by atoms with Crippen LogP contribution in [0.3, 0.4) is 0 Å². The van der Waals surface area contributed by atoms with Gasteiger partial charge in [0.05, 0.1) is 5.92 Å². The molecule has 1 N–H and O–H groups in total. The highest BCUT2D eigenvalue weighted by molar-refractivity contribution is 6.31. The van der Waals surface area contributed by atoms with E-state index in [9.17, 15) is 14.3 Å². The fourth-order valence-corrected chi connectivity index (χ4v) is 2.36. The van der Waals surface area contributed by atoms with Crippen molar-refractivity contribution in [2.75, 3.05) is 0 Å². The number of carboxylic acid groups (broad SMARTS) is 1. The number of benzene rings is 2. The monoisotopic (exact) mass is 292 g/mol. The lowest BCUT2D eigenvalue weighted by Crippen LogP contribution is -2.12. The standard InChI is InChI=1S/C16H14ClFO2/c17-15-9-7-13(18)10-12(15)6-8-14(16(19)20)11-4-2-1-3-5-11/h1-5,7,9-10,14H,6,8H2,(H,19,20). The number of aryl methyl sites for hydroxylation is 1. The lowest BCUT2D eigenvalue weighted by atomic mass is 9.92. The zero-order valence-electron chi connectivity index (χ0n) is 10.7. The molecule has 0 saturated heterocycles. The van der Waals surface area contributed by atoms with E-state index in [1.165, 1.54) is 18.2 Å². The summed E-state index contributed by atoms with van der Waals surface area (Å²) < 4.78 is 13.2. The second kappa shape index (κ2) is 6.53. The predicted octanol–water partition coefficient (Wildman–Crippen LogP) is 4.28. The molecule has 4 heteroatoms. The number of carbonyl (C=O) groups is 1. The third-order valence-corrected chi connectivity index (χ3v) is 3.58. The molecule has 0 aliphatic carbocycles. The molecule has 20 heavy (non-hydrogen) atoms. The number of halogens is 2. The zero-order valence-corrected chi connectivity index (χ0v) is 11.5. The van der Waals surface area contributed by atoms with Gasteiger partial charge in [-0.15, -0.1) is 0 Å². The summed E-state index contributed by atoms with van der Waals surface area (Å²) in [5.41, 5.74) is 1.38. The Kier molecular flexibility index (Phi) is 4.74. The summed E-state index contributed by atoms with van der Waals surface area (Å²) in [7, 11) is 0. The zero-order chi connectivity index (χ0) is 14.5. The fourth-order valence-electron chi connectivity index (χ4n) is 2.15. The first-order chi connectivity index (χ1) is 9.58. The minimum absolute atomic E-state index is 0.365. The topological polar surface area (TPSA) is 37.3 Å². The van der Waals surface area contributed by atoms with Gasteiger partial charge in [-0.3, -0.25) is 4.79 Å². The van der Waals surface area contributed by atoms with Gasteiger partial charge in [-0.05, 0) is 42.2 Å². The molecule has 0 radical (unpaired) electrons. The van der Waals surface area contributed by atoms with E-state index >= 15 is 0 Å². The van der Waals surface area contributed by atoms with Crippen molar-refractivity contribution < 1.29 is 14.3 Å². The summed E-state index contributed by atoms with van der Waals surface area (Å²) in [5, 5.41) is 9.78. The quantitative estimate of drug-likeness (QED) is 0.893. The third-order valence-electron chi connectivity index (χ3n) is 3.21. The molecule has 2 aromatic carbocycles. The van der Waals surface area contributed by atoms with Gasteiger partial charge in [0.2, 0.25) is 0 Å². The van der Waals surface area contributed by atoms with Crippen LogP contribution in [0.2, 0.25) is 5.02 Å². The molecule has 0 fully saturated rings. The maximum absolute atomic E-state index is 13.2. The SMILES string of the molecule is O=C(O)C(CCc1cc(F)ccc1Cl)c1ccccc1. The van der Waals surface area contributed by atoms with E-state index < -0.39 is 11.9 Å². The van der Waals surface area contributed by atoms with Crippen molar-refractivity contribution in [3.05, 3.63) is 70.5 Å². The Balaban J connectivity index is 2.14. The maximum atomic E-state index is 13.2. The van der Waals surface area contributed by atoms with Crippen molar-refractivity contribution in [2.24, 2.45) is 0 Å². The van der Waals surface area contributed by atoms with Crippen LogP contribution in [0.5, 0.6) is 0 Å². The number of hydrogen-bond acceptors (Lipinski definition) is 1. The lowest BCUT2D eigenvalue weighted by molar-refractivity contribution is -0.138. The first-order valence-electron chi connectivity index (χ1n) is 6.29. The summed E-state index contributed by atoms with van der Waals surface area (Å²) in [6.45, 7) is 0. The Morgan fingerprint density at radius 1 is 1.20 bits per heavy atom. The normalized spacial score (nSPS) is 12.1. The number of hydrogen-bond donors (Lipinski definition) is 1. The van der Waals surface area contributed by atoms with E-state index in [0.717, 1.165) is 5.56 Å². The molecule has 0 aromatic heterocycles. The van der Waals surface area contributed by atoms with E-state index in [0.29, 0.717) is 23.4 Å². The van der Waals surface area contributed by atoms with Crippen LogP contribution in [0.4, 0.5) is 4.39 Å². The van der Waals surface area contributed by atoms with Crippen molar-refractivity contribution >= 4 is 17.6 Å². The van der Waals surface area contributed by atoms with Gasteiger partial charge < -0.3 is 5.11 Å². The van der Waals surface area contributed by atoms with Crippen LogP contribution in [0.15, 0.2) is 48.5 Å². The Hall–Kier alpha value is -1.87. The second-order valence-electron chi connectivity index (χ2n) is 4.58. The molecule has 1 unspecified atom stereocenters. The van der Waals surface area contributed by atoms with Crippen LogP contribution in [-0.4, -0.2) is 11.1 Å². The van der Waals surface area contributed by atoms with Crippen LogP contribution in [-0.2, 0) is 11.2 Å². The maximum Gasteiger partial charge on any atom is 0.310 e. The molecule has 2 nitrogen and oxygen atoms in total. The first-order valence-corrected chi connectivity index (χ1v) is 6.67. The van der Waals surface area contributed by atoms with E-state index in [2.05, 4.69) is 0 Å². The number of rotatable bonds is 5. The van der Waals surface area contributed by atoms with Gasteiger partial charge in [-0.1, -0.05) is 41.9 Å². The molecule has 2 rings (SSSR count). The Morgan fingerprint density at radius 3 is 2.55 bits per heavy atom. The Bertz CT molecular complexity index is 599. The van der Waals surface area contributed by atoms with Crippen molar-refractivity contribution in [2.45, 2.75) is 18.8 Å². The van der Waals surface area contributed by atoms with Crippen molar-refractivity contribution in [3.63, 3.8) is 0 Å². The molecular weight excluding hydrogens is 279 g/mol. The van der Waals surface area contributed by atoms with Gasteiger partial charge >= 0.3 is 5.97 Å². The molecule has 104 valence electrons. The van der Waals surface area contributed by atoms with Crippen LogP contribution in [0.1, 0.15) is 23.5 Å². The van der Waals surface area contributed by atoms with Crippen molar-refractivity contribution in [3.8, 4) is 0 Å². The molecule has 0 amide bonds. The smallest absolute Gasteiger partial charge is 0.310 e. The lowest BCUT2D eigenvalue weighted by Gasteiger charge is -2.13. The highest BCUT2D eigenvalue weighted by Gasteiger charge is 2.19. The Morgan fingerprint density at radius 2 is 1.90 bits per heavy atom. The summed E-state index contributed by atoms with van der Waals surface area (Å²) in [4.78, 5) is 11.4.